The number of nitrogens with one attached hydrogen (secondary N) is 2. The van der Waals surface area contributed by atoms with Gasteiger partial charge in [-0.15, -0.1) is 0 Å². The number of carbonyl (C=O) groups excluding carboxylic acids is 2. The highest BCUT2D eigenvalue weighted by atomic mass is 16.5. The molecule has 0 radical (unpaired) electrons. The first kappa shape index (κ1) is 23.8. The first-order valence-corrected chi connectivity index (χ1v) is 11.7. The molecule has 8 nitrogen and oxygen atoms in total. The van der Waals surface area contributed by atoms with Gasteiger partial charge in [-0.3, -0.25) is 9.59 Å². The second-order valence-corrected chi connectivity index (χ2v) is 8.76. The molecule has 1 aliphatic carbocycles. The van der Waals surface area contributed by atoms with Crippen LogP contribution in [0.5, 0.6) is 0 Å². The molecule has 2 aliphatic rings. The van der Waals surface area contributed by atoms with Crippen molar-refractivity contribution in [1.29, 1.82) is 0 Å². The number of alkyl carbamates (subject to hydrolysis) is 1. The minimum atomic E-state index is -1.02. The van der Waals surface area contributed by atoms with E-state index in [-0.39, 0.29) is 25.7 Å². The maximum atomic E-state index is 12.9. The summed E-state index contributed by atoms with van der Waals surface area (Å²) in [6.07, 6.45) is 1.33. The molecule has 1 heterocycles. The number of rotatable bonds is 9. The number of carboxylic acid groups (broad SMARTS) is 1. The predicted octanol–water partition coefficient (Wildman–Crippen LogP) is 3.30. The van der Waals surface area contributed by atoms with E-state index in [4.69, 9.17) is 9.47 Å². The average Bonchev–Trinajstić information content (AvgIpc) is 3.43. The van der Waals surface area contributed by atoms with Gasteiger partial charge < -0.3 is 25.2 Å². The number of amides is 2. The Hall–Kier alpha value is -3.39. The van der Waals surface area contributed by atoms with Crippen molar-refractivity contribution in [2.75, 3.05) is 19.8 Å². The largest absolute Gasteiger partial charge is 0.481 e. The Kier molecular flexibility index (Phi) is 7.47. The third kappa shape index (κ3) is 5.07. The Labute approximate surface area is 198 Å². The maximum absolute atomic E-state index is 12.9. The van der Waals surface area contributed by atoms with E-state index >= 15 is 0 Å². The quantitative estimate of drug-likeness (QED) is 0.523. The van der Waals surface area contributed by atoms with Crippen molar-refractivity contribution in [3.05, 3.63) is 59.7 Å². The van der Waals surface area contributed by atoms with Crippen LogP contribution in [-0.2, 0) is 19.1 Å². The second kappa shape index (κ2) is 10.7. The number of unbranched alkanes of at least 4 members (excludes halogenated alkanes) is 1. The third-order valence-electron chi connectivity index (χ3n) is 6.52. The van der Waals surface area contributed by atoms with E-state index in [1.807, 2.05) is 43.3 Å². The molecule has 0 aromatic heterocycles. The summed E-state index contributed by atoms with van der Waals surface area (Å²) in [7, 11) is 0. The van der Waals surface area contributed by atoms with Gasteiger partial charge in [-0.05, 0) is 28.7 Å². The van der Waals surface area contributed by atoms with Gasteiger partial charge in [0.05, 0.1) is 19.3 Å². The summed E-state index contributed by atoms with van der Waals surface area (Å²) in [6, 6.07) is 14.7. The fourth-order valence-corrected chi connectivity index (χ4v) is 4.68. The number of fused-ring (bicyclic) bond motifs is 3. The van der Waals surface area contributed by atoms with E-state index < -0.39 is 36.0 Å². The molecule has 1 saturated heterocycles. The van der Waals surface area contributed by atoms with E-state index in [1.165, 1.54) is 0 Å². The third-order valence-corrected chi connectivity index (χ3v) is 6.52. The van der Waals surface area contributed by atoms with Gasteiger partial charge in [0.15, 0.2) is 0 Å². The molecular formula is C26H30N2O6. The van der Waals surface area contributed by atoms with E-state index in [0.717, 1.165) is 35.1 Å². The van der Waals surface area contributed by atoms with Crippen LogP contribution in [-0.4, -0.2) is 55.0 Å². The van der Waals surface area contributed by atoms with Crippen LogP contribution in [0, 0.1) is 5.92 Å². The van der Waals surface area contributed by atoms with Crippen LogP contribution in [0.15, 0.2) is 48.5 Å². The van der Waals surface area contributed by atoms with Crippen molar-refractivity contribution in [2.24, 2.45) is 5.92 Å². The fraction of sp³-hybridized carbons (Fsp3) is 0.423. The standard InChI is InChI=1S/C26H30N2O6/c1-2-3-12-22(24(29)27-23-15-33-13-21(23)25(30)31)28-26(32)34-14-20-18-10-6-4-8-16(18)17-9-5-7-11-19(17)20/h4-11,20-23H,2-3,12-15H2,1H3,(H,27,29)(H,28,32)(H,30,31). The van der Waals surface area contributed by atoms with Crippen LogP contribution in [0.2, 0.25) is 0 Å². The van der Waals surface area contributed by atoms with E-state index in [9.17, 15) is 19.5 Å². The number of carboxylic acids is 1. The zero-order chi connectivity index (χ0) is 24.1. The lowest BCUT2D eigenvalue weighted by Gasteiger charge is -2.22. The molecule has 3 unspecified atom stereocenters. The minimum Gasteiger partial charge on any atom is -0.481 e. The number of benzene rings is 2. The van der Waals surface area contributed by atoms with Crippen LogP contribution in [0.25, 0.3) is 11.1 Å². The normalized spacial score (nSPS) is 19.7. The molecule has 1 fully saturated rings. The molecule has 34 heavy (non-hydrogen) atoms. The SMILES string of the molecule is CCCCC(NC(=O)OCC1c2ccccc2-c2ccccc21)C(=O)NC1COCC1C(=O)O. The van der Waals surface area contributed by atoms with Crippen molar-refractivity contribution in [2.45, 2.75) is 44.2 Å². The fourth-order valence-electron chi connectivity index (χ4n) is 4.68. The molecule has 8 heteroatoms. The van der Waals surface area contributed by atoms with E-state index in [2.05, 4.69) is 22.8 Å². The number of hydrogen-bond donors (Lipinski definition) is 3. The summed E-state index contributed by atoms with van der Waals surface area (Å²) in [5.41, 5.74) is 4.49. The highest BCUT2D eigenvalue weighted by molar-refractivity contribution is 5.86. The van der Waals surface area contributed by atoms with Crippen LogP contribution in [0.3, 0.4) is 0 Å². The van der Waals surface area contributed by atoms with Gasteiger partial charge in [-0.25, -0.2) is 4.79 Å². The molecule has 2 aromatic rings. The Morgan fingerprint density at radius 2 is 1.71 bits per heavy atom. The molecule has 180 valence electrons. The number of carbonyl (C=O) groups is 3. The molecule has 3 N–H and O–H groups in total. The van der Waals surface area contributed by atoms with Gasteiger partial charge in [0, 0.05) is 5.92 Å². The number of hydrogen-bond acceptors (Lipinski definition) is 5. The molecule has 2 amide bonds. The number of ether oxygens (including phenoxy) is 2. The molecule has 2 aromatic carbocycles. The summed E-state index contributed by atoms with van der Waals surface area (Å²) < 4.78 is 10.8. The number of aliphatic carboxylic acids is 1. The molecule has 4 rings (SSSR count). The smallest absolute Gasteiger partial charge is 0.407 e. The molecular weight excluding hydrogens is 436 g/mol. The summed E-state index contributed by atoms with van der Waals surface area (Å²) in [6.45, 7) is 2.33. The molecule has 0 spiro atoms. The summed E-state index contributed by atoms with van der Waals surface area (Å²) in [5, 5.41) is 14.7. The van der Waals surface area contributed by atoms with Crippen molar-refractivity contribution in [1.82, 2.24) is 10.6 Å². The van der Waals surface area contributed by atoms with Gasteiger partial charge in [0.2, 0.25) is 5.91 Å². The van der Waals surface area contributed by atoms with Crippen LogP contribution in [0.1, 0.15) is 43.2 Å². The summed E-state index contributed by atoms with van der Waals surface area (Å²) in [4.78, 5) is 36.9. The first-order chi connectivity index (χ1) is 16.5. The topological polar surface area (TPSA) is 114 Å². The Morgan fingerprint density at radius 1 is 1.06 bits per heavy atom. The van der Waals surface area contributed by atoms with Crippen molar-refractivity contribution in [3.8, 4) is 11.1 Å². The zero-order valence-corrected chi connectivity index (χ0v) is 19.2. The maximum Gasteiger partial charge on any atom is 0.407 e. The van der Waals surface area contributed by atoms with E-state index in [1.54, 1.807) is 0 Å². The molecule has 0 bridgehead atoms. The average molecular weight is 467 g/mol. The van der Waals surface area contributed by atoms with Gasteiger partial charge in [0.1, 0.15) is 18.6 Å². The Balaban J connectivity index is 1.39. The Bertz CT molecular complexity index is 1010. The lowest BCUT2D eigenvalue weighted by Crippen LogP contribution is -2.52. The van der Waals surface area contributed by atoms with Crippen LogP contribution in [0.4, 0.5) is 4.79 Å². The van der Waals surface area contributed by atoms with Crippen molar-refractivity contribution < 1.29 is 29.0 Å². The lowest BCUT2D eigenvalue weighted by molar-refractivity contribution is -0.142. The van der Waals surface area contributed by atoms with Gasteiger partial charge >= 0.3 is 12.1 Å². The highest BCUT2D eigenvalue weighted by Crippen LogP contribution is 2.44. The summed E-state index contributed by atoms with van der Waals surface area (Å²) >= 11 is 0. The van der Waals surface area contributed by atoms with Crippen molar-refractivity contribution in [3.63, 3.8) is 0 Å². The first-order valence-electron chi connectivity index (χ1n) is 11.7. The molecule has 3 atom stereocenters. The summed E-state index contributed by atoms with van der Waals surface area (Å²) in [5.74, 6) is -2.32. The second-order valence-electron chi connectivity index (χ2n) is 8.76. The van der Waals surface area contributed by atoms with E-state index in [0.29, 0.717) is 6.42 Å². The van der Waals surface area contributed by atoms with Crippen LogP contribution >= 0.6 is 0 Å². The van der Waals surface area contributed by atoms with Crippen LogP contribution < -0.4 is 10.6 Å². The highest BCUT2D eigenvalue weighted by Gasteiger charge is 2.36. The Morgan fingerprint density at radius 3 is 2.32 bits per heavy atom. The molecule has 0 saturated carbocycles. The molecule has 1 aliphatic heterocycles. The minimum absolute atomic E-state index is 0.0553. The van der Waals surface area contributed by atoms with Gasteiger partial charge in [0.25, 0.3) is 0 Å². The van der Waals surface area contributed by atoms with Gasteiger partial charge in [-0.2, -0.15) is 0 Å². The van der Waals surface area contributed by atoms with Crippen molar-refractivity contribution >= 4 is 18.0 Å². The van der Waals surface area contributed by atoms with Gasteiger partial charge in [-0.1, -0.05) is 68.3 Å². The monoisotopic (exact) mass is 466 g/mol. The predicted molar refractivity (Wildman–Crippen MR) is 125 cm³/mol. The lowest BCUT2D eigenvalue weighted by atomic mass is 9.98. The zero-order valence-electron chi connectivity index (χ0n) is 19.2.